The van der Waals surface area contributed by atoms with Crippen LogP contribution in [0.3, 0.4) is 0 Å². The fraction of sp³-hybridized carbons (Fsp3) is 0.750. The molecule has 2 N–H and O–H groups in total. The first-order chi connectivity index (χ1) is 9.19. The second kappa shape index (κ2) is 8.79. The van der Waals surface area contributed by atoms with Crippen molar-refractivity contribution in [1.82, 2.24) is 15.0 Å². The van der Waals surface area contributed by atoms with E-state index in [0.717, 1.165) is 18.1 Å². The minimum Gasteiger partial charge on any atom is -0.464 e. The third kappa shape index (κ3) is 5.96. The van der Waals surface area contributed by atoms with Crippen molar-refractivity contribution in [2.75, 3.05) is 35.3 Å². The second-order valence-corrected chi connectivity index (χ2v) is 5.25. The van der Waals surface area contributed by atoms with Gasteiger partial charge in [0.2, 0.25) is 11.9 Å². The van der Waals surface area contributed by atoms with Gasteiger partial charge in [0.1, 0.15) is 0 Å². The minimum atomic E-state index is 0.302. The fourth-order valence-corrected chi connectivity index (χ4v) is 2.08. The molecular formula is C12H23N5OS. The van der Waals surface area contributed by atoms with Gasteiger partial charge in [0.25, 0.3) is 0 Å². The van der Waals surface area contributed by atoms with Crippen LogP contribution in [0.1, 0.15) is 27.7 Å². The summed E-state index contributed by atoms with van der Waals surface area (Å²) in [4.78, 5) is 12.7. The lowest BCUT2D eigenvalue weighted by atomic mass is 10.4. The quantitative estimate of drug-likeness (QED) is 0.721. The lowest BCUT2D eigenvalue weighted by Crippen LogP contribution is -2.21. The summed E-state index contributed by atoms with van der Waals surface area (Å²) in [5.41, 5.74) is 0. The summed E-state index contributed by atoms with van der Waals surface area (Å²) in [7, 11) is 0. The molecular weight excluding hydrogens is 262 g/mol. The van der Waals surface area contributed by atoms with Crippen LogP contribution in [0.5, 0.6) is 6.01 Å². The SMILES string of the molecule is CCNc1nc(NC(C)CSCC)nc(OCC)n1. The fourth-order valence-electron chi connectivity index (χ4n) is 1.41. The molecule has 0 spiro atoms. The highest BCUT2D eigenvalue weighted by Crippen LogP contribution is 2.13. The molecule has 19 heavy (non-hydrogen) atoms. The molecule has 6 nitrogen and oxygen atoms in total. The summed E-state index contributed by atoms with van der Waals surface area (Å²) >= 11 is 1.88. The number of thioether (sulfide) groups is 1. The normalized spacial score (nSPS) is 12.0. The first kappa shape index (κ1) is 15.8. The zero-order chi connectivity index (χ0) is 14.1. The first-order valence-corrected chi connectivity index (χ1v) is 7.82. The monoisotopic (exact) mass is 285 g/mol. The Hall–Kier alpha value is -1.24. The molecule has 1 unspecified atom stereocenters. The van der Waals surface area contributed by atoms with Gasteiger partial charge >= 0.3 is 6.01 Å². The molecule has 0 aliphatic rings. The Labute approximate surface area is 119 Å². The molecule has 108 valence electrons. The number of anilines is 2. The predicted molar refractivity (Wildman–Crippen MR) is 81.2 cm³/mol. The highest BCUT2D eigenvalue weighted by atomic mass is 32.2. The zero-order valence-electron chi connectivity index (χ0n) is 12.1. The summed E-state index contributed by atoms with van der Waals surface area (Å²) in [6.45, 7) is 9.46. The smallest absolute Gasteiger partial charge is 0.323 e. The van der Waals surface area contributed by atoms with Gasteiger partial charge in [-0.05, 0) is 26.5 Å². The highest BCUT2D eigenvalue weighted by Gasteiger charge is 2.09. The lowest BCUT2D eigenvalue weighted by molar-refractivity contribution is 0.312. The second-order valence-electron chi connectivity index (χ2n) is 3.93. The van der Waals surface area contributed by atoms with E-state index in [1.54, 1.807) is 0 Å². The molecule has 0 saturated carbocycles. The number of ether oxygens (including phenoxy) is 1. The lowest BCUT2D eigenvalue weighted by Gasteiger charge is -2.14. The molecule has 0 fully saturated rings. The van der Waals surface area contributed by atoms with E-state index in [2.05, 4.69) is 39.4 Å². The van der Waals surface area contributed by atoms with Gasteiger partial charge in [0.15, 0.2) is 0 Å². The van der Waals surface area contributed by atoms with E-state index in [9.17, 15) is 0 Å². The van der Waals surface area contributed by atoms with E-state index in [4.69, 9.17) is 4.74 Å². The molecule has 0 bridgehead atoms. The van der Waals surface area contributed by atoms with Crippen molar-refractivity contribution in [2.24, 2.45) is 0 Å². The van der Waals surface area contributed by atoms with E-state index in [-0.39, 0.29) is 0 Å². The van der Waals surface area contributed by atoms with Crippen LogP contribution in [0, 0.1) is 0 Å². The van der Waals surface area contributed by atoms with Gasteiger partial charge in [0.05, 0.1) is 6.61 Å². The van der Waals surface area contributed by atoms with E-state index >= 15 is 0 Å². The Bertz CT molecular complexity index is 353. The molecule has 0 aliphatic carbocycles. The standard InChI is InChI=1S/C12H23N5OS/c1-5-13-10-15-11(14-9(4)8-19-7-3)17-12(16-10)18-6-2/h9H,5-8H2,1-4H3,(H2,13,14,15,16,17). The Kier molecular flexibility index (Phi) is 7.32. The van der Waals surface area contributed by atoms with Crippen molar-refractivity contribution in [3.8, 4) is 6.01 Å². The van der Waals surface area contributed by atoms with Crippen LogP contribution >= 0.6 is 11.8 Å². The molecule has 1 atom stereocenters. The number of nitrogens with one attached hydrogen (secondary N) is 2. The highest BCUT2D eigenvalue weighted by molar-refractivity contribution is 7.99. The average molecular weight is 285 g/mol. The van der Waals surface area contributed by atoms with Gasteiger partial charge < -0.3 is 15.4 Å². The number of nitrogens with zero attached hydrogens (tertiary/aromatic N) is 3. The number of hydrogen-bond donors (Lipinski definition) is 2. The summed E-state index contributed by atoms with van der Waals surface area (Å²) in [6, 6.07) is 0.655. The summed E-state index contributed by atoms with van der Waals surface area (Å²) < 4.78 is 5.35. The Morgan fingerprint density at radius 1 is 1.16 bits per heavy atom. The molecule has 1 heterocycles. The third-order valence-corrected chi connectivity index (χ3v) is 3.31. The van der Waals surface area contributed by atoms with Gasteiger partial charge in [-0.1, -0.05) is 6.92 Å². The van der Waals surface area contributed by atoms with Gasteiger partial charge in [-0.3, -0.25) is 0 Å². The van der Waals surface area contributed by atoms with Gasteiger partial charge in [0, 0.05) is 18.3 Å². The van der Waals surface area contributed by atoms with Crippen LogP contribution in [0.25, 0.3) is 0 Å². The van der Waals surface area contributed by atoms with E-state index in [1.807, 2.05) is 25.6 Å². The van der Waals surface area contributed by atoms with Crippen molar-refractivity contribution in [1.29, 1.82) is 0 Å². The number of hydrogen-bond acceptors (Lipinski definition) is 7. The maximum absolute atomic E-state index is 5.35. The molecule has 1 aromatic heterocycles. The van der Waals surface area contributed by atoms with Crippen LogP contribution in [0.15, 0.2) is 0 Å². The van der Waals surface area contributed by atoms with Gasteiger partial charge in [-0.25, -0.2) is 0 Å². The van der Waals surface area contributed by atoms with Crippen LogP contribution in [0.2, 0.25) is 0 Å². The Balaban J connectivity index is 2.74. The zero-order valence-corrected chi connectivity index (χ0v) is 12.9. The van der Waals surface area contributed by atoms with Crippen LogP contribution < -0.4 is 15.4 Å². The molecule has 0 saturated heterocycles. The molecule has 7 heteroatoms. The van der Waals surface area contributed by atoms with E-state index in [1.165, 1.54) is 0 Å². The average Bonchev–Trinajstić information content (AvgIpc) is 2.37. The Morgan fingerprint density at radius 2 is 1.89 bits per heavy atom. The van der Waals surface area contributed by atoms with Crippen LogP contribution in [0.4, 0.5) is 11.9 Å². The first-order valence-electron chi connectivity index (χ1n) is 6.66. The van der Waals surface area contributed by atoms with Gasteiger partial charge in [-0.15, -0.1) is 0 Å². The number of aromatic nitrogens is 3. The summed E-state index contributed by atoms with van der Waals surface area (Å²) in [5, 5.41) is 6.35. The molecule has 0 radical (unpaired) electrons. The van der Waals surface area contributed by atoms with Crippen molar-refractivity contribution >= 4 is 23.7 Å². The summed E-state index contributed by atoms with van der Waals surface area (Å²) in [6.07, 6.45) is 0. The topological polar surface area (TPSA) is 72.0 Å². The van der Waals surface area contributed by atoms with Crippen molar-refractivity contribution in [3.05, 3.63) is 0 Å². The van der Waals surface area contributed by atoms with Crippen molar-refractivity contribution < 1.29 is 4.74 Å². The Morgan fingerprint density at radius 3 is 2.53 bits per heavy atom. The maximum atomic E-state index is 5.35. The van der Waals surface area contributed by atoms with Crippen LogP contribution in [-0.4, -0.2) is 45.7 Å². The van der Waals surface area contributed by atoms with Crippen molar-refractivity contribution in [2.45, 2.75) is 33.7 Å². The summed E-state index contributed by atoms with van der Waals surface area (Å²) in [5.74, 6) is 3.22. The molecule has 0 aliphatic heterocycles. The van der Waals surface area contributed by atoms with Gasteiger partial charge in [-0.2, -0.15) is 26.7 Å². The molecule has 0 amide bonds. The van der Waals surface area contributed by atoms with Crippen LogP contribution in [-0.2, 0) is 0 Å². The molecule has 1 rings (SSSR count). The predicted octanol–water partition coefficient (Wildman–Crippen LogP) is 2.26. The minimum absolute atomic E-state index is 0.302. The largest absolute Gasteiger partial charge is 0.464 e. The molecule has 0 aromatic carbocycles. The van der Waals surface area contributed by atoms with E-state index < -0.39 is 0 Å². The van der Waals surface area contributed by atoms with E-state index in [0.29, 0.717) is 30.6 Å². The third-order valence-electron chi connectivity index (χ3n) is 2.17. The number of rotatable bonds is 9. The maximum Gasteiger partial charge on any atom is 0.323 e. The molecule has 1 aromatic rings. The van der Waals surface area contributed by atoms with Crippen molar-refractivity contribution in [3.63, 3.8) is 0 Å².